The number of likely N-dealkylation sites (tertiary alicyclic amines) is 1. The first-order valence-corrected chi connectivity index (χ1v) is 9.34. The van der Waals surface area contributed by atoms with Crippen LogP contribution in [0.3, 0.4) is 0 Å². The fraction of sp³-hybridized carbons (Fsp3) is 0.632. The van der Waals surface area contributed by atoms with E-state index < -0.39 is 0 Å². The van der Waals surface area contributed by atoms with Crippen molar-refractivity contribution in [3.8, 4) is 0 Å². The quantitative estimate of drug-likeness (QED) is 0.840. The third-order valence-electron chi connectivity index (χ3n) is 5.38. The van der Waals surface area contributed by atoms with Crippen molar-refractivity contribution >= 4 is 11.8 Å². The van der Waals surface area contributed by atoms with E-state index in [9.17, 15) is 9.59 Å². The summed E-state index contributed by atoms with van der Waals surface area (Å²) in [6.45, 7) is 6.12. The first-order valence-electron chi connectivity index (χ1n) is 9.34. The van der Waals surface area contributed by atoms with E-state index in [0.717, 1.165) is 52.0 Å². The van der Waals surface area contributed by atoms with E-state index in [1.165, 1.54) is 6.42 Å². The van der Waals surface area contributed by atoms with Crippen LogP contribution in [0, 0.1) is 0 Å². The van der Waals surface area contributed by atoms with Crippen LogP contribution in [0.4, 0.5) is 0 Å². The Hall–Kier alpha value is -1.95. The van der Waals surface area contributed by atoms with E-state index in [2.05, 4.69) is 23.9 Å². The minimum Gasteiger partial charge on any atom is -0.336 e. The topological polar surface area (TPSA) is 56.8 Å². The summed E-state index contributed by atoms with van der Waals surface area (Å²) in [6, 6.07) is 2.02. The van der Waals surface area contributed by atoms with Crippen molar-refractivity contribution < 1.29 is 9.59 Å². The van der Waals surface area contributed by atoms with Crippen molar-refractivity contribution in [2.45, 2.75) is 38.6 Å². The first-order chi connectivity index (χ1) is 12.1. The molecular weight excluding hydrogens is 316 g/mol. The largest absolute Gasteiger partial charge is 0.336 e. The van der Waals surface area contributed by atoms with Crippen LogP contribution in [0.5, 0.6) is 0 Å². The number of hydrogen-bond donors (Lipinski definition) is 0. The number of aromatic nitrogens is 1. The number of pyridine rings is 1. The summed E-state index contributed by atoms with van der Waals surface area (Å²) in [4.78, 5) is 35.8. The van der Waals surface area contributed by atoms with Crippen LogP contribution in [-0.4, -0.2) is 77.3 Å². The molecule has 0 aliphatic carbocycles. The van der Waals surface area contributed by atoms with Crippen LogP contribution in [0.2, 0.25) is 0 Å². The van der Waals surface area contributed by atoms with E-state index in [-0.39, 0.29) is 11.8 Å². The lowest BCUT2D eigenvalue weighted by atomic mass is 9.99. The highest BCUT2D eigenvalue weighted by Gasteiger charge is 2.27. The second-order valence-electron chi connectivity index (χ2n) is 7.11. The van der Waals surface area contributed by atoms with E-state index in [0.29, 0.717) is 17.2 Å². The molecule has 3 heterocycles. The van der Waals surface area contributed by atoms with Gasteiger partial charge in [0.05, 0.1) is 11.1 Å². The van der Waals surface area contributed by atoms with Crippen molar-refractivity contribution in [1.29, 1.82) is 0 Å². The van der Waals surface area contributed by atoms with Gasteiger partial charge < -0.3 is 14.7 Å². The Kier molecular flexibility index (Phi) is 5.68. The third-order valence-corrected chi connectivity index (χ3v) is 5.38. The Morgan fingerprint density at radius 2 is 1.72 bits per heavy atom. The van der Waals surface area contributed by atoms with Gasteiger partial charge in [-0.05, 0) is 38.8 Å². The molecule has 2 amide bonds. The van der Waals surface area contributed by atoms with Gasteiger partial charge in [0.25, 0.3) is 11.8 Å². The summed E-state index contributed by atoms with van der Waals surface area (Å²) in [5, 5.41) is 0. The molecule has 1 unspecified atom stereocenters. The van der Waals surface area contributed by atoms with Gasteiger partial charge in [0, 0.05) is 51.2 Å². The second kappa shape index (κ2) is 7.95. The van der Waals surface area contributed by atoms with Crippen molar-refractivity contribution in [3.63, 3.8) is 0 Å². The summed E-state index contributed by atoms with van der Waals surface area (Å²) < 4.78 is 0. The molecular formula is C19H28N4O2. The predicted molar refractivity (Wildman–Crippen MR) is 96.6 cm³/mol. The highest BCUT2D eigenvalue weighted by Crippen LogP contribution is 2.22. The lowest BCUT2D eigenvalue weighted by molar-refractivity contribution is 0.0607. The number of carbonyl (C=O) groups is 2. The third kappa shape index (κ3) is 4.00. The lowest BCUT2D eigenvalue weighted by Gasteiger charge is -2.35. The van der Waals surface area contributed by atoms with Crippen LogP contribution in [0.25, 0.3) is 0 Å². The normalized spacial score (nSPS) is 22.1. The number of piperidine rings is 1. The molecule has 0 bridgehead atoms. The Morgan fingerprint density at radius 1 is 1.04 bits per heavy atom. The van der Waals surface area contributed by atoms with Gasteiger partial charge >= 0.3 is 0 Å². The van der Waals surface area contributed by atoms with Gasteiger partial charge in [0.15, 0.2) is 0 Å². The predicted octanol–water partition coefficient (Wildman–Crippen LogP) is 1.87. The Bertz CT molecular complexity index is 626. The average Bonchev–Trinajstić information content (AvgIpc) is 2.67. The van der Waals surface area contributed by atoms with E-state index in [1.54, 1.807) is 18.5 Å². The molecule has 2 aliphatic rings. The molecule has 1 atom stereocenters. The van der Waals surface area contributed by atoms with Crippen molar-refractivity contribution in [3.05, 3.63) is 29.6 Å². The van der Waals surface area contributed by atoms with Crippen LogP contribution in [-0.2, 0) is 0 Å². The number of carbonyl (C=O) groups excluding carboxylic acids is 2. The fourth-order valence-electron chi connectivity index (χ4n) is 3.72. The number of rotatable bonds is 3. The van der Waals surface area contributed by atoms with Crippen molar-refractivity contribution in [2.24, 2.45) is 0 Å². The van der Waals surface area contributed by atoms with Crippen LogP contribution in [0.1, 0.15) is 53.3 Å². The number of hydrogen-bond acceptors (Lipinski definition) is 4. The molecule has 1 aromatic rings. The molecule has 6 nitrogen and oxygen atoms in total. The molecule has 0 spiro atoms. The second-order valence-corrected chi connectivity index (χ2v) is 7.11. The first kappa shape index (κ1) is 17.9. The van der Waals surface area contributed by atoms with Crippen LogP contribution in [0.15, 0.2) is 18.5 Å². The zero-order chi connectivity index (χ0) is 17.8. The lowest BCUT2D eigenvalue weighted by Crippen LogP contribution is -2.47. The molecule has 2 aliphatic heterocycles. The molecule has 2 fully saturated rings. The van der Waals surface area contributed by atoms with Crippen molar-refractivity contribution in [2.75, 3.05) is 39.8 Å². The minimum atomic E-state index is -0.0269. The summed E-state index contributed by atoms with van der Waals surface area (Å²) in [5.74, 6) is -0.0204. The van der Waals surface area contributed by atoms with Gasteiger partial charge in [0.2, 0.25) is 0 Å². The molecule has 0 radical (unpaired) electrons. The minimum absolute atomic E-state index is 0.00655. The smallest absolute Gasteiger partial charge is 0.255 e. The summed E-state index contributed by atoms with van der Waals surface area (Å²) >= 11 is 0. The van der Waals surface area contributed by atoms with Crippen molar-refractivity contribution in [1.82, 2.24) is 19.7 Å². The SMILES string of the molecule is CCC1CCCCN1C(=O)c1cncc(C(=O)N2CCN(C)CC2)c1. The summed E-state index contributed by atoms with van der Waals surface area (Å²) in [7, 11) is 2.06. The molecule has 25 heavy (non-hydrogen) atoms. The monoisotopic (exact) mass is 344 g/mol. The molecule has 0 saturated carbocycles. The maximum atomic E-state index is 12.9. The number of amides is 2. The molecule has 1 aromatic heterocycles. The standard InChI is InChI=1S/C19H28N4O2/c1-3-17-6-4-5-7-23(17)19(25)16-12-15(13-20-14-16)18(24)22-10-8-21(2)9-11-22/h12-14,17H,3-11H2,1-2H3. The molecule has 0 N–H and O–H groups in total. The highest BCUT2D eigenvalue weighted by molar-refractivity contribution is 5.99. The van der Waals surface area contributed by atoms with E-state index in [4.69, 9.17) is 0 Å². The maximum absolute atomic E-state index is 12.9. The number of likely N-dealkylation sites (N-methyl/N-ethyl adjacent to an activating group) is 1. The zero-order valence-corrected chi connectivity index (χ0v) is 15.3. The van der Waals surface area contributed by atoms with Crippen LogP contribution < -0.4 is 0 Å². The van der Waals surface area contributed by atoms with Gasteiger partial charge in [0.1, 0.15) is 0 Å². The number of nitrogens with zero attached hydrogens (tertiary/aromatic N) is 4. The molecule has 6 heteroatoms. The zero-order valence-electron chi connectivity index (χ0n) is 15.3. The Labute approximate surface area is 149 Å². The van der Waals surface area contributed by atoms with Gasteiger partial charge in [-0.15, -0.1) is 0 Å². The van der Waals surface area contributed by atoms with Crippen LogP contribution >= 0.6 is 0 Å². The molecule has 3 rings (SSSR count). The molecule has 136 valence electrons. The Morgan fingerprint density at radius 3 is 2.40 bits per heavy atom. The van der Waals surface area contributed by atoms with Gasteiger partial charge in [-0.3, -0.25) is 14.6 Å². The fourth-order valence-corrected chi connectivity index (χ4v) is 3.72. The van der Waals surface area contributed by atoms with Gasteiger partial charge in [-0.2, -0.15) is 0 Å². The molecule has 0 aromatic carbocycles. The summed E-state index contributed by atoms with van der Waals surface area (Å²) in [6.07, 6.45) is 7.43. The van der Waals surface area contributed by atoms with E-state index in [1.807, 2.05) is 9.80 Å². The molecule has 2 saturated heterocycles. The maximum Gasteiger partial charge on any atom is 0.255 e. The number of piperazine rings is 1. The van der Waals surface area contributed by atoms with Gasteiger partial charge in [-0.25, -0.2) is 0 Å². The average molecular weight is 344 g/mol. The summed E-state index contributed by atoms with van der Waals surface area (Å²) in [5.41, 5.74) is 1.04. The highest BCUT2D eigenvalue weighted by atomic mass is 16.2. The van der Waals surface area contributed by atoms with Gasteiger partial charge in [-0.1, -0.05) is 6.92 Å². The van der Waals surface area contributed by atoms with E-state index >= 15 is 0 Å². The Balaban J connectivity index is 1.74.